The number of hydrogen-bond acceptors (Lipinski definition) is 2. The third kappa shape index (κ3) is 4.71. The number of amides is 1. The van der Waals surface area contributed by atoms with E-state index in [0.717, 1.165) is 26.1 Å². The van der Waals surface area contributed by atoms with E-state index in [0.29, 0.717) is 12.5 Å². The Morgan fingerprint density at radius 1 is 1.38 bits per heavy atom. The van der Waals surface area contributed by atoms with Gasteiger partial charge in [0.25, 0.3) is 0 Å². The molecule has 0 aromatic heterocycles. The molecule has 0 bridgehead atoms. The van der Waals surface area contributed by atoms with Gasteiger partial charge in [-0.15, -0.1) is 0 Å². The van der Waals surface area contributed by atoms with Crippen LogP contribution in [-0.4, -0.2) is 48.4 Å². The van der Waals surface area contributed by atoms with Crippen LogP contribution in [0.1, 0.15) is 31.7 Å². The molecule has 1 fully saturated rings. The molecule has 0 spiro atoms. The van der Waals surface area contributed by atoms with Gasteiger partial charge in [-0.25, -0.2) is 0 Å². The summed E-state index contributed by atoms with van der Waals surface area (Å²) in [5.41, 5.74) is 1.23. The first-order valence-corrected chi connectivity index (χ1v) is 7.90. The fourth-order valence-electron chi connectivity index (χ4n) is 2.83. The summed E-state index contributed by atoms with van der Waals surface area (Å²) in [7, 11) is 2.15. The van der Waals surface area contributed by atoms with E-state index in [1.165, 1.54) is 12.0 Å². The topological polar surface area (TPSA) is 23.6 Å². The number of piperidine rings is 1. The lowest BCUT2D eigenvalue weighted by Gasteiger charge is -2.37. The number of carbonyl (C=O) groups excluding carboxylic acids is 1. The lowest BCUT2D eigenvalue weighted by molar-refractivity contribution is -0.132. The average Bonchev–Trinajstić information content (AvgIpc) is 2.55. The second-order valence-electron chi connectivity index (χ2n) is 5.74. The molecule has 2 rings (SSSR count). The molecule has 1 amide bonds. The summed E-state index contributed by atoms with van der Waals surface area (Å²) in [5, 5.41) is 0. The van der Waals surface area contributed by atoms with Crippen LogP contribution in [0.25, 0.3) is 6.08 Å². The molecule has 1 heterocycles. The Morgan fingerprint density at radius 3 is 2.86 bits per heavy atom. The Labute approximate surface area is 128 Å². The summed E-state index contributed by atoms with van der Waals surface area (Å²) < 4.78 is 0. The van der Waals surface area contributed by atoms with Crippen molar-refractivity contribution in [2.45, 2.75) is 32.2 Å². The zero-order chi connectivity index (χ0) is 15.1. The van der Waals surface area contributed by atoms with Crippen LogP contribution < -0.4 is 0 Å². The van der Waals surface area contributed by atoms with E-state index < -0.39 is 0 Å². The second kappa shape index (κ2) is 7.99. The standard InChI is InChI=1S/C18H26N2O/c1-3-18(21)20-14-8-12-17(15-20)19(2)13-7-11-16-9-5-4-6-10-16/h4-7,9-11,17H,3,8,12-15H2,1-2H3/b11-7+. The quantitative estimate of drug-likeness (QED) is 0.830. The van der Waals surface area contributed by atoms with Crippen molar-refractivity contribution in [1.82, 2.24) is 9.80 Å². The van der Waals surface area contributed by atoms with Crippen molar-refractivity contribution in [3.05, 3.63) is 42.0 Å². The molecule has 0 radical (unpaired) electrons. The molecule has 0 aliphatic carbocycles. The van der Waals surface area contributed by atoms with Crippen LogP contribution in [0.3, 0.4) is 0 Å². The maximum atomic E-state index is 11.8. The fraction of sp³-hybridized carbons (Fsp3) is 0.500. The smallest absolute Gasteiger partial charge is 0.222 e. The minimum atomic E-state index is 0.285. The third-order valence-corrected chi connectivity index (χ3v) is 4.18. The molecule has 114 valence electrons. The first kappa shape index (κ1) is 15.8. The molecule has 1 aromatic carbocycles. The molecule has 1 saturated heterocycles. The molecular formula is C18H26N2O. The Bertz CT molecular complexity index is 469. The Balaban J connectivity index is 1.84. The van der Waals surface area contributed by atoms with Crippen molar-refractivity contribution in [2.75, 3.05) is 26.7 Å². The molecule has 3 heteroatoms. The van der Waals surface area contributed by atoms with Gasteiger partial charge in [-0.3, -0.25) is 9.69 Å². The van der Waals surface area contributed by atoms with Crippen molar-refractivity contribution in [3.8, 4) is 0 Å². The number of rotatable bonds is 5. The van der Waals surface area contributed by atoms with Crippen molar-refractivity contribution in [2.24, 2.45) is 0 Å². The van der Waals surface area contributed by atoms with Gasteiger partial charge in [0, 0.05) is 32.1 Å². The molecule has 0 saturated carbocycles. The summed E-state index contributed by atoms with van der Waals surface area (Å²) in [6.07, 6.45) is 7.28. The van der Waals surface area contributed by atoms with Gasteiger partial charge in [-0.1, -0.05) is 49.4 Å². The second-order valence-corrected chi connectivity index (χ2v) is 5.74. The highest BCUT2D eigenvalue weighted by Crippen LogP contribution is 2.15. The first-order valence-electron chi connectivity index (χ1n) is 7.90. The van der Waals surface area contributed by atoms with E-state index in [4.69, 9.17) is 0 Å². The van der Waals surface area contributed by atoms with Crippen molar-refractivity contribution in [1.29, 1.82) is 0 Å². The van der Waals surface area contributed by atoms with E-state index in [1.54, 1.807) is 0 Å². The normalized spacial score (nSPS) is 19.4. The molecule has 1 aliphatic rings. The third-order valence-electron chi connectivity index (χ3n) is 4.18. The zero-order valence-electron chi connectivity index (χ0n) is 13.2. The van der Waals surface area contributed by atoms with E-state index in [1.807, 2.05) is 17.9 Å². The van der Waals surface area contributed by atoms with Gasteiger partial charge in [0.15, 0.2) is 0 Å². The predicted octanol–water partition coefficient (Wildman–Crippen LogP) is 3.03. The maximum Gasteiger partial charge on any atom is 0.222 e. The summed E-state index contributed by atoms with van der Waals surface area (Å²) in [4.78, 5) is 16.2. The van der Waals surface area contributed by atoms with Crippen LogP contribution in [0.5, 0.6) is 0 Å². The van der Waals surface area contributed by atoms with Crippen LogP contribution in [-0.2, 0) is 4.79 Å². The van der Waals surface area contributed by atoms with Gasteiger partial charge in [0.2, 0.25) is 5.91 Å². The van der Waals surface area contributed by atoms with Gasteiger partial charge < -0.3 is 4.90 Å². The van der Waals surface area contributed by atoms with Gasteiger partial charge in [0.1, 0.15) is 0 Å². The number of likely N-dealkylation sites (tertiary alicyclic amines) is 1. The van der Waals surface area contributed by atoms with Gasteiger partial charge in [0.05, 0.1) is 0 Å². The van der Waals surface area contributed by atoms with E-state index in [-0.39, 0.29) is 5.91 Å². The molecule has 1 aliphatic heterocycles. The number of hydrogen-bond donors (Lipinski definition) is 0. The van der Waals surface area contributed by atoms with Gasteiger partial charge >= 0.3 is 0 Å². The number of carbonyl (C=O) groups is 1. The molecule has 1 unspecified atom stereocenters. The number of benzene rings is 1. The lowest BCUT2D eigenvalue weighted by atomic mass is 10.0. The Kier molecular flexibility index (Phi) is 6.00. The highest BCUT2D eigenvalue weighted by atomic mass is 16.2. The lowest BCUT2D eigenvalue weighted by Crippen LogP contribution is -2.48. The highest BCUT2D eigenvalue weighted by Gasteiger charge is 2.24. The minimum absolute atomic E-state index is 0.285. The summed E-state index contributed by atoms with van der Waals surface area (Å²) in [5.74, 6) is 0.285. The molecule has 1 aromatic rings. The molecule has 1 atom stereocenters. The average molecular weight is 286 g/mol. The van der Waals surface area contributed by atoms with E-state index in [2.05, 4.69) is 48.4 Å². The summed E-state index contributed by atoms with van der Waals surface area (Å²) >= 11 is 0. The summed E-state index contributed by atoms with van der Waals surface area (Å²) in [6, 6.07) is 10.8. The van der Waals surface area contributed by atoms with Crippen molar-refractivity contribution >= 4 is 12.0 Å². The fourth-order valence-corrected chi connectivity index (χ4v) is 2.83. The van der Waals surface area contributed by atoms with Crippen molar-refractivity contribution in [3.63, 3.8) is 0 Å². The highest BCUT2D eigenvalue weighted by molar-refractivity contribution is 5.75. The monoisotopic (exact) mass is 286 g/mol. The first-order chi connectivity index (χ1) is 10.2. The van der Waals surface area contributed by atoms with Crippen molar-refractivity contribution < 1.29 is 4.79 Å². The van der Waals surface area contributed by atoms with Gasteiger partial charge in [-0.2, -0.15) is 0 Å². The molecule has 21 heavy (non-hydrogen) atoms. The van der Waals surface area contributed by atoms with E-state index >= 15 is 0 Å². The summed E-state index contributed by atoms with van der Waals surface area (Å²) in [6.45, 7) is 4.67. The Hall–Kier alpha value is -1.61. The van der Waals surface area contributed by atoms with E-state index in [9.17, 15) is 4.79 Å². The van der Waals surface area contributed by atoms with Crippen LogP contribution in [0.2, 0.25) is 0 Å². The number of nitrogens with zero attached hydrogens (tertiary/aromatic N) is 2. The van der Waals surface area contributed by atoms with Crippen LogP contribution >= 0.6 is 0 Å². The van der Waals surface area contributed by atoms with Crippen LogP contribution in [0.15, 0.2) is 36.4 Å². The van der Waals surface area contributed by atoms with Crippen LogP contribution in [0, 0.1) is 0 Å². The maximum absolute atomic E-state index is 11.8. The SMILES string of the molecule is CCC(=O)N1CCCC(N(C)C/C=C/c2ccccc2)C1. The Morgan fingerprint density at radius 2 is 2.14 bits per heavy atom. The zero-order valence-corrected chi connectivity index (χ0v) is 13.2. The van der Waals surface area contributed by atoms with Crippen LogP contribution in [0.4, 0.5) is 0 Å². The molecule has 0 N–H and O–H groups in total. The predicted molar refractivity (Wildman–Crippen MR) is 88.0 cm³/mol. The minimum Gasteiger partial charge on any atom is -0.341 e. The largest absolute Gasteiger partial charge is 0.341 e. The molecule has 3 nitrogen and oxygen atoms in total. The molecular weight excluding hydrogens is 260 g/mol. The van der Waals surface area contributed by atoms with Gasteiger partial charge in [-0.05, 0) is 25.5 Å². The number of likely N-dealkylation sites (N-methyl/N-ethyl adjacent to an activating group) is 1.